The number of hydrogen-bond donors (Lipinski definition) is 1. The molecule has 1 aliphatic heterocycles. The maximum atomic E-state index is 13.0. The fourth-order valence-electron chi connectivity index (χ4n) is 6.42. The summed E-state index contributed by atoms with van der Waals surface area (Å²) in [6.07, 6.45) is 2.16. The van der Waals surface area contributed by atoms with E-state index in [0.717, 1.165) is 0 Å². The second-order valence-electron chi connectivity index (χ2n) is 15.7. The van der Waals surface area contributed by atoms with Crippen molar-refractivity contribution >= 4 is 11.9 Å². The Morgan fingerprint density at radius 2 is 1.23 bits per heavy atom. The first kappa shape index (κ1) is 40.5. The van der Waals surface area contributed by atoms with E-state index >= 15 is 0 Å². The van der Waals surface area contributed by atoms with Crippen LogP contribution in [-0.4, -0.2) is 58.1 Å². The minimum atomic E-state index is -0.839. The Kier molecular flexibility index (Phi) is 12.6. The Labute approximate surface area is 308 Å². The lowest BCUT2D eigenvalue weighted by atomic mass is 9.92. The quantitative estimate of drug-likeness (QED) is 0.0449. The molecule has 4 rings (SSSR count). The van der Waals surface area contributed by atoms with E-state index in [-0.39, 0.29) is 12.4 Å². The van der Waals surface area contributed by atoms with Crippen molar-refractivity contribution in [2.75, 3.05) is 0 Å². The first-order valence-corrected chi connectivity index (χ1v) is 17.6. The molecule has 0 amide bonds. The third-order valence-electron chi connectivity index (χ3n) is 8.19. The lowest BCUT2D eigenvalue weighted by Gasteiger charge is -2.36. The standard InChI is InChI=1S/C42H54O10/c1-12-33-38(48-33)52-42(10,11)26-40(6,7)50-31-20-16-29(17-21-31)37(45)47-34-23-22-32(24-27(34)3)46-36(44)28-14-18-30(19-15-28)49-39(4,5)25-41(8,9)51-35(43)13-2/h12,14-24,33,35,38,43H,1,13,25-26H2,2-11H3. The van der Waals surface area contributed by atoms with Gasteiger partial charge in [-0.1, -0.05) is 13.0 Å². The molecule has 1 saturated heterocycles. The van der Waals surface area contributed by atoms with Crippen LogP contribution in [0.15, 0.2) is 79.4 Å². The number of aliphatic hydroxyl groups is 1. The molecule has 3 aromatic rings. The first-order valence-electron chi connectivity index (χ1n) is 17.6. The summed E-state index contributed by atoms with van der Waals surface area (Å²) in [7, 11) is 0. The van der Waals surface area contributed by atoms with Crippen LogP contribution in [0.4, 0.5) is 0 Å². The number of ether oxygens (including phenoxy) is 7. The fraction of sp³-hybridized carbons (Fsp3) is 0.476. The van der Waals surface area contributed by atoms with Gasteiger partial charge in [0.15, 0.2) is 12.6 Å². The van der Waals surface area contributed by atoms with Crippen molar-refractivity contribution < 1.29 is 47.9 Å². The van der Waals surface area contributed by atoms with E-state index in [0.29, 0.717) is 59.0 Å². The monoisotopic (exact) mass is 718 g/mol. The van der Waals surface area contributed by atoms with Crippen LogP contribution >= 0.6 is 0 Å². The molecular weight excluding hydrogens is 664 g/mol. The van der Waals surface area contributed by atoms with Crippen LogP contribution in [0, 0.1) is 6.92 Å². The highest BCUT2D eigenvalue weighted by atomic mass is 16.8. The van der Waals surface area contributed by atoms with Gasteiger partial charge in [-0.3, -0.25) is 0 Å². The Morgan fingerprint density at radius 3 is 1.69 bits per heavy atom. The Balaban J connectivity index is 1.28. The average Bonchev–Trinajstić information content (AvgIpc) is 3.77. The van der Waals surface area contributed by atoms with Gasteiger partial charge in [0.2, 0.25) is 0 Å². The maximum absolute atomic E-state index is 13.0. The molecule has 0 bridgehead atoms. The molecule has 1 N–H and O–H groups in total. The van der Waals surface area contributed by atoms with Crippen molar-refractivity contribution in [3.8, 4) is 23.0 Å². The molecule has 3 aromatic carbocycles. The number of carbonyl (C=O) groups is 2. The summed E-state index contributed by atoms with van der Waals surface area (Å²) in [4.78, 5) is 25.9. The van der Waals surface area contributed by atoms with E-state index in [4.69, 9.17) is 33.2 Å². The molecule has 52 heavy (non-hydrogen) atoms. The third kappa shape index (κ3) is 12.2. The second kappa shape index (κ2) is 16.2. The number of rotatable bonds is 18. The van der Waals surface area contributed by atoms with Gasteiger partial charge in [-0.25, -0.2) is 9.59 Å². The molecule has 1 heterocycles. The highest BCUT2D eigenvalue weighted by Crippen LogP contribution is 2.35. The molecule has 0 aromatic heterocycles. The Morgan fingerprint density at radius 1 is 0.750 bits per heavy atom. The van der Waals surface area contributed by atoms with E-state index in [1.807, 2.05) is 62.3 Å². The molecule has 0 saturated carbocycles. The molecule has 0 radical (unpaired) electrons. The molecule has 10 heteroatoms. The van der Waals surface area contributed by atoms with E-state index in [9.17, 15) is 14.7 Å². The summed E-state index contributed by atoms with van der Waals surface area (Å²) >= 11 is 0. The molecule has 0 aliphatic carbocycles. The van der Waals surface area contributed by atoms with Crippen LogP contribution in [-0.2, 0) is 14.2 Å². The van der Waals surface area contributed by atoms with Gasteiger partial charge in [-0.15, -0.1) is 6.58 Å². The van der Waals surface area contributed by atoms with Gasteiger partial charge < -0.3 is 38.3 Å². The Bertz CT molecular complexity index is 1690. The summed E-state index contributed by atoms with van der Waals surface area (Å²) in [6.45, 7) is 23.0. The van der Waals surface area contributed by atoms with Crippen molar-refractivity contribution in [1.29, 1.82) is 0 Å². The summed E-state index contributed by atoms with van der Waals surface area (Å²) < 4.78 is 40.9. The van der Waals surface area contributed by atoms with E-state index < -0.39 is 40.6 Å². The molecule has 1 aliphatic rings. The molecule has 1 fully saturated rings. The van der Waals surface area contributed by atoms with Gasteiger partial charge in [0, 0.05) is 12.8 Å². The van der Waals surface area contributed by atoms with Crippen molar-refractivity contribution in [3.05, 3.63) is 96.1 Å². The van der Waals surface area contributed by atoms with Crippen molar-refractivity contribution in [1.82, 2.24) is 0 Å². The van der Waals surface area contributed by atoms with Gasteiger partial charge >= 0.3 is 11.9 Å². The SMILES string of the molecule is C=CC1OC1OC(C)(C)CC(C)(C)Oc1ccc(C(=O)Oc2ccc(OC(=O)c3ccc(OC(C)(C)CC(C)(C)OC(O)CC)cc3)cc2C)cc1. The van der Waals surface area contributed by atoms with Crippen LogP contribution in [0.1, 0.15) is 108 Å². The molecule has 282 valence electrons. The van der Waals surface area contributed by atoms with Gasteiger partial charge in [0.25, 0.3) is 0 Å². The molecular formula is C42H54O10. The van der Waals surface area contributed by atoms with E-state index in [1.165, 1.54) is 0 Å². The van der Waals surface area contributed by atoms with Gasteiger partial charge in [0.1, 0.15) is 40.3 Å². The molecule has 0 spiro atoms. The topological polar surface area (TPSA) is 122 Å². The van der Waals surface area contributed by atoms with Gasteiger partial charge in [-0.2, -0.15) is 0 Å². The third-order valence-corrected chi connectivity index (χ3v) is 8.19. The van der Waals surface area contributed by atoms with Gasteiger partial charge in [-0.05, 0) is 141 Å². The number of esters is 2. The lowest BCUT2D eigenvalue weighted by Crippen LogP contribution is -2.41. The predicted octanol–water partition coefficient (Wildman–Crippen LogP) is 8.76. The molecule has 3 atom stereocenters. The normalized spacial score (nSPS) is 16.8. The minimum Gasteiger partial charge on any atom is -0.488 e. The van der Waals surface area contributed by atoms with E-state index in [2.05, 4.69) is 6.58 Å². The number of epoxide rings is 1. The van der Waals surface area contributed by atoms with Crippen LogP contribution in [0.2, 0.25) is 0 Å². The van der Waals surface area contributed by atoms with Gasteiger partial charge in [0.05, 0.1) is 22.3 Å². The number of carbonyl (C=O) groups excluding carboxylic acids is 2. The van der Waals surface area contributed by atoms with Crippen LogP contribution in [0.3, 0.4) is 0 Å². The summed E-state index contributed by atoms with van der Waals surface area (Å²) in [5, 5.41) is 9.92. The predicted molar refractivity (Wildman–Crippen MR) is 198 cm³/mol. The largest absolute Gasteiger partial charge is 0.488 e. The van der Waals surface area contributed by atoms with Crippen molar-refractivity contribution in [2.24, 2.45) is 0 Å². The van der Waals surface area contributed by atoms with Crippen LogP contribution in [0.25, 0.3) is 0 Å². The number of benzene rings is 3. The fourth-order valence-corrected chi connectivity index (χ4v) is 6.42. The highest BCUT2D eigenvalue weighted by molar-refractivity contribution is 5.92. The zero-order chi connectivity index (χ0) is 38.5. The Hall–Kier alpha value is -4.22. The maximum Gasteiger partial charge on any atom is 0.343 e. The zero-order valence-electron chi connectivity index (χ0n) is 32.1. The first-order chi connectivity index (χ1) is 24.2. The average molecular weight is 719 g/mol. The zero-order valence-corrected chi connectivity index (χ0v) is 32.1. The number of hydrogen-bond acceptors (Lipinski definition) is 10. The summed E-state index contributed by atoms with van der Waals surface area (Å²) in [6, 6.07) is 18.3. The second-order valence-corrected chi connectivity index (χ2v) is 15.7. The molecule has 3 unspecified atom stereocenters. The smallest absolute Gasteiger partial charge is 0.343 e. The highest BCUT2D eigenvalue weighted by Gasteiger charge is 2.43. The summed E-state index contributed by atoms with van der Waals surface area (Å²) in [5.74, 6) is 0.762. The number of aliphatic hydroxyl groups excluding tert-OH is 1. The summed E-state index contributed by atoms with van der Waals surface area (Å²) in [5.41, 5.74) is -0.949. The minimum absolute atomic E-state index is 0.0716. The van der Waals surface area contributed by atoms with Crippen molar-refractivity contribution in [3.63, 3.8) is 0 Å². The van der Waals surface area contributed by atoms with Crippen LogP contribution in [0.5, 0.6) is 23.0 Å². The number of aryl methyl sites for hydroxylation is 1. The van der Waals surface area contributed by atoms with Crippen molar-refractivity contribution in [2.45, 2.75) is 130 Å². The van der Waals surface area contributed by atoms with Crippen LogP contribution < -0.4 is 18.9 Å². The molecule has 10 nitrogen and oxygen atoms in total. The van der Waals surface area contributed by atoms with E-state index in [1.54, 1.807) is 79.7 Å². The lowest BCUT2D eigenvalue weighted by molar-refractivity contribution is -0.186.